The molecule has 0 radical (unpaired) electrons. The number of hydrogen-bond acceptors (Lipinski definition) is 6. The lowest BCUT2D eigenvalue weighted by atomic mass is 10.0. The van der Waals surface area contributed by atoms with Crippen LogP contribution in [0.1, 0.15) is 47.4 Å². The summed E-state index contributed by atoms with van der Waals surface area (Å²) >= 11 is 1.74. The standard InChI is InChI=1S/C25H29N5S/c1-5-30(6-2)16-21-27-24(22-17(3)18(4)31-25(22)28-21)29-23(19-12-8-7-9-13-19)20-14-10-11-15-26-20/h7-15,23H,5-6,16H2,1-4H3,(H,27,28,29)/t23-/m1/s1. The van der Waals surface area contributed by atoms with Gasteiger partial charge in [-0.1, -0.05) is 50.2 Å². The molecule has 160 valence electrons. The third kappa shape index (κ3) is 4.60. The highest BCUT2D eigenvalue weighted by atomic mass is 32.1. The Bertz CT molecular complexity index is 1100. The van der Waals surface area contributed by atoms with Gasteiger partial charge in [0.1, 0.15) is 16.5 Å². The van der Waals surface area contributed by atoms with Crippen LogP contribution >= 0.6 is 11.3 Å². The van der Waals surface area contributed by atoms with Crippen molar-refractivity contribution in [3.05, 3.63) is 82.3 Å². The van der Waals surface area contributed by atoms with E-state index in [1.807, 2.05) is 24.4 Å². The first-order valence-corrected chi connectivity index (χ1v) is 11.6. The maximum atomic E-state index is 5.02. The molecule has 0 saturated carbocycles. The molecule has 1 atom stereocenters. The molecule has 0 fully saturated rings. The van der Waals surface area contributed by atoms with E-state index < -0.39 is 0 Å². The molecule has 0 spiro atoms. The monoisotopic (exact) mass is 431 g/mol. The molecular formula is C25H29N5S. The number of thiophene rings is 1. The molecule has 3 heterocycles. The number of nitrogens with zero attached hydrogens (tertiary/aromatic N) is 4. The zero-order valence-electron chi connectivity index (χ0n) is 18.6. The maximum absolute atomic E-state index is 5.02. The quantitative estimate of drug-likeness (QED) is 0.385. The average Bonchev–Trinajstić information content (AvgIpc) is 3.10. The molecule has 31 heavy (non-hydrogen) atoms. The van der Waals surface area contributed by atoms with Gasteiger partial charge in [-0.3, -0.25) is 9.88 Å². The Labute approximate surface area is 188 Å². The lowest BCUT2D eigenvalue weighted by molar-refractivity contribution is 0.289. The minimum atomic E-state index is -0.0959. The molecule has 0 saturated heterocycles. The van der Waals surface area contributed by atoms with Crippen molar-refractivity contribution >= 4 is 27.4 Å². The second-order valence-corrected chi connectivity index (χ2v) is 8.86. The number of rotatable bonds is 8. The SMILES string of the molecule is CCN(CC)Cc1nc(N[C@H](c2ccccc2)c2ccccn2)c2c(C)c(C)sc2n1. The van der Waals surface area contributed by atoms with E-state index >= 15 is 0 Å². The first-order valence-electron chi connectivity index (χ1n) is 10.8. The van der Waals surface area contributed by atoms with Gasteiger partial charge in [0.25, 0.3) is 0 Å². The van der Waals surface area contributed by atoms with Gasteiger partial charge in [0, 0.05) is 11.1 Å². The predicted molar refractivity (Wildman–Crippen MR) is 130 cm³/mol. The number of hydrogen-bond donors (Lipinski definition) is 1. The summed E-state index contributed by atoms with van der Waals surface area (Å²) in [5.41, 5.74) is 3.36. The van der Waals surface area contributed by atoms with Gasteiger partial charge >= 0.3 is 0 Å². The summed E-state index contributed by atoms with van der Waals surface area (Å²) in [6.45, 7) is 11.4. The minimum absolute atomic E-state index is 0.0959. The lowest BCUT2D eigenvalue weighted by Crippen LogP contribution is -2.24. The van der Waals surface area contributed by atoms with Gasteiger partial charge in [0.15, 0.2) is 0 Å². The fraction of sp³-hybridized carbons (Fsp3) is 0.320. The second-order valence-electron chi connectivity index (χ2n) is 7.66. The Balaban J connectivity index is 1.82. The molecule has 0 unspecified atom stereocenters. The highest BCUT2D eigenvalue weighted by molar-refractivity contribution is 7.18. The normalized spacial score (nSPS) is 12.4. The number of pyridine rings is 1. The molecule has 4 aromatic rings. The predicted octanol–water partition coefficient (Wildman–Crippen LogP) is 5.75. The number of anilines is 1. The molecule has 4 rings (SSSR count). The summed E-state index contributed by atoms with van der Waals surface area (Å²) in [4.78, 5) is 19.2. The van der Waals surface area contributed by atoms with Gasteiger partial charge in [0.05, 0.1) is 23.7 Å². The highest BCUT2D eigenvalue weighted by Gasteiger charge is 2.21. The zero-order valence-corrected chi connectivity index (χ0v) is 19.4. The summed E-state index contributed by atoms with van der Waals surface area (Å²) in [5.74, 6) is 1.74. The third-order valence-electron chi connectivity index (χ3n) is 5.73. The van der Waals surface area contributed by atoms with Crippen molar-refractivity contribution < 1.29 is 0 Å². The topological polar surface area (TPSA) is 53.9 Å². The van der Waals surface area contributed by atoms with Crippen LogP contribution in [0, 0.1) is 13.8 Å². The van der Waals surface area contributed by atoms with Gasteiger partial charge in [-0.05, 0) is 50.2 Å². The summed E-state index contributed by atoms with van der Waals surface area (Å²) in [7, 11) is 0. The Morgan fingerprint density at radius 2 is 1.71 bits per heavy atom. The van der Waals surface area contributed by atoms with E-state index in [0.29, 0.717) is 0 Å². The van der Waals surface area contributed by atoms with Gasteiger partial charge in [-0.25, -0.2) is 9.97 Å². The third-order valence-corrected chi connectivity index (χ3v) is 6.83. The first kappa shape index (κ1) is 21.4. The van der Waals surface area contributed by atoms with Crippen LogP contribution in [-0.2, 0) is 6.54 Å². The number of benzene rings is 1. The molecule has 6 heteroatoms. The smallest absolute Gasteiger partial charge is 0.146 e. The van der Waals surface area contributed by atoms with Crippen LogP contribution in [0.2, 0.25) is 0 Å². The van der Waals surface area contributed by atoms with Gasteiger partial charge in [-0.15, -0.1) is 11.3 Å². The summed E-state index contributed by atoms with van der Waals surface area (Å²) in [6, 6.07) is 16.4. The second kappa shape index (κ2) is 9.54. The van der Waals surface area contributed by atoms with Crippen molar-refractivity contribution in [2.24, 2.45) is 0 Å². The highest BCUT2D eigenvalue weighted by Crippen LogP contribution is 2.36. The van der Waals surface area contributed by atoms with Crippen molar-refractivity contribution in [2.75, 3.05) is 18.4 Å². The Morgan fingerprint density at radius 3 is 2.39 bits per heavy atom. The molecule has 0 bridgehead atoms. The fourth-order valence-corrected chi connectivity index (χ4v) is 4.82. The Morgan fingerprint density at radius 1 is 0.968 bits per heavy atom. The van der Waals surface area contributed by atoms with E-state index in [-0.39, 0.29) is 6.04 Å². The van der Waals surface area contributed by atoms with Crippen LogP contribution in [0.3, 0.4) is 0 Å². The van der Waals surface area contributed by atoms with Crippen LogP contribution in [-0.4, -0.2) is 32.9 Å². The average molecular weight is 432 g/mol. The van der Waals surface area contributed by atoms with Gasteiger partial charge in [-0.2, -0.15) is 0 Å². The summed E-state index contributed by atoms with van der Waals surface area (Å²) < 4.78 is 0. The molecule has 1 aromatic carbocycles. The van der Waals surface area contributed by atoms with E-state index in [1.54, 1.807) is 11.3 Å². The van der Waals surface area contributed by atoms with Crippen LogP contribution in [0.4, 0.5) is 5.82 Å². The molecule has 0 aliphatic rings. The number of aryl methyl sites for hydroxylation is 2. The lowest BCUT2D eigenvalue weighted by Gasteiger charge is -2.22. The van der Waals surface area contributed by atoms with E-state index in [1.165, 1.54) is 10.4 Å². The molecule has 0 aliphatic carbocycles. The van der Waals surface area contributed by atoms with Gasteiger partial charge < -0.3 is 5.32 Å². The van der Waals surface area contributed by atoms with E-state index in [0.717, 1.165) is 52.8 Å². The summed E-state index contributed by atoms with van der Waals surface area (Å²) in [5, 5.41) is 4.85. The molecule has 0 amide bonds. The fourth-order valence-electron chi connectivity index (χ4n) is 3.77. The van der Waals surface area contributed by atoms with Crippen molar-refractivity contribution in [1.29, 1.82) is 0 Å². The minimum Gasteiger partial charge on any atom is -0.357 e. The number of aromatic nitrogens is 3. The van der Waals surface area contributed by atoms with Crippen molar-refractivity contribution in [1.82, 2.24) is 19.9 Å². The van der Waals surface area contributed by atoms with Crippen LogP contribution in [0.5, 0.6) is 0 Å². The van der Waals surface area contributed by atoms with E-state index in [2.05, 4.69) is 73.2 Å². The van der Waals surface area contributed by atoms with Crippen molar-refractivity contribution in [3.63, 3.8) is 0 Å². The summed E-state index contributed by atoms with van der Waals surface area (Å²) in [6.07, 6.45) is 1.84. The maximum Gasteiger partial charge on any atom is 0.146 e. The first-order chi connectivity index (χ1) is 15.1. The van der Waals surface area contributed by atoms with Gasteiger partial charge in [0.2, 0.25) is 0 Å². The Hall–Kier alpha value is -2.83. The molecule has 0 aliphatic heterocycles. The number of nitrogens with one attached hydrogen (secondary N) is 1. The Kier molecular flexibility index (Phi) is 6.59. The van der Waals surface area contributed by atoms with Crippen molar-refractivity contribution in [2.45, 2.75) is 40.3 Å². The van der Waals surface area contributed by atoms with Crippen molar-refractivity contribution in [3.8, 4) is 0 Å². The molecule has 5 nitrogen and oxygen atoms in total. The number of fused-ring (bicyclic) bond motifs is 1. The van der Waals surface area contributed by atoms with Crippen LogP contribution in [0.25, 0.3) is 10.2 Å². The van der Waals surface area contributed by atoms with Crippen LogP contribution in [0.15, 0.2) is 54.7 Å². The molecular weight excluding hydrogens is 402 g/mol. The largest absolute Gasteiger partial charge is 0.357 e. The molecule has 3 aromatic heterocycles. The van der Waals surface area contributed by atoms with E-state index in [4.69, 9.17) is 9.97 Å². The molecule has 1 N–H and O–H groups in total. The zero-order chi connectivity index (χ0) is 21.8. The van der Waals surface area contributed by atoms with Crippen LogP contribution < -0.4 is 5.32 Å². The van der Waals surface area contributed by atoms with E-state index in [9.17, 15) is 0 Å².